The molecule has 1 unspecified atom stereocenters. The van der Waals surface area contributed by atoms with Gasteiger partial charge in [0.15, 0.2) is 5.89 Å². The van der Waals surface area contributed by atoms with E-state index in [1.807, 2.05) is 0 Å². The number of oxazole rings is 1. The molecule has 1 atom stereocenters. The van der Waals surface area contributed by atoms with Gasteiger partial charge in [-0.3, -0.25) is 0 Å². The predicted molar refractivity (Wildman–Crippen MR) is 71.5 cm³/mol. The van der Waals surface area contributed by atoms with Crippen LogP contribution in [-0.2, 0) is 15.9 Å². The van der Waals surface area contributed by atoms with E-state index in [4.69, 9.17) is 4.42 Å². The lowest BCUT2D eigenvalue weighted by atomic mass is 9.80. The van der Waals surface area contributed by atoms with Crippen molar-refractivity contribution in [2.24, 2.45) is 11.3 Å². The van der Waals surface area contributed by atoms with Gasteiger partial charge < -0.3 is 13.9 Å². The third-order valence-corrected chi connectivity index (χ3v) is 3.38. The molecule has 1 heterocycles. The number of ether oxygens (including phenoxy) is 2. The van der Waals surface area contributed by atoms with Crippen LogP contribution < -0.4 is 0 Å². The number of esters is 2. The summed E-state index contributed by atoms with van der Waals surface area (Å²) in [7, 11) is 2.43. The van der Waals surface area contributed by atoms with Crippen LogP contribution in [-0.4, -0.2) is 31.1 Å². The zero-order valence-corrected chi connectivity index (χ0v) is 12.8. The first-order valence-corrected chi connectivity index (χ1v) is 6.37. The van der Waals surface area contributed by atoms with Gasteiger partial charge in [0.25, 0.3) is 0 Å². The molecule has 6 heteroatoms. The topological polar surface area (TPSA) is 78.6 Å². The molecule has 0 aliphatic rings. The van der Waals surface area contributed by atoms with Crippen LogP contribution in [0.2, 0.25) is 0 Å². The SMILES string of the molecule is COC(=O)c1nc(CC(C)C(C)(C)C)oc1C(=O)OC. The van der Waals surface area contributed by atoms with Gasteiger partial charge in [-0.05, 0) is 11.3 Å². The van der Waals surface area contributed by atoms with Crippen molar-refractivity contribution >= 4 is 11.9 Å². The van der Waals surface area contributed by atoms with Gasteiger partial charge in [-0.15, -0.1) is 0 Å². The summed E-state index contributed by atoms with van der Waals surface area (Å²) in [5.74, 6) is -1.09. The Morgan fingerprint density at radius 3 is 2.20 bits per heavy atom. The van der Waals surface area contributed by atoms with Crippen LogP contribution in [0.15, 0.2) is 4.42 Å². The molecule has 0 N–H and O–H groups in total. The Kier molecular flexibility index (Phi) is 4.92. The van der Waals surface area contributed by atoms with E-state index in [1.54, 1.807) is 0 Å². The van der Waals surface area contributed by atoms with E-state index >= 15 is 0 Å². The van der Waals surface area contributed by atoms with E-state index in [0.29, 0.717) is 12.3 Å². The van der Waals surface area contributed by atoms with Gasteiger partial charge in [0, 0.05) is 6.42 Å². The van der Waals surface area contributed by atoms with Crippen LogP contribution >= 0.6 is 0 Å². The van der Waals surface area contributed by atoms with Gasteiger partial charge in [-0.1, -0.05) is 27.7 Å². The highest BCUT2D eigenvalue weighted by Crippen LogP contribution is 2.29. The monoisotopic (exact) mass is 283 g/mol. The molecule has 1 aromatic heterocycles. The highest BCUT2D eigenvalue weighted by atomic mass is 16.5. The fraction of sp³-hybridized carbons (Fsp3) is 0.643. The van der Waals surface area contributed by atoms with Crippen molar-refractivity contribution in [2.45, 2.75) is 34.1 Å². The molecule has 0 saturated heterocycles. The Balaban J connectivity index is 3.09. The van der Waals surface area contributed by atoms with Crippen molar-refractivity contribution in [1.82, 2.24) is 4.98 Å². The van der Waals surface area contributed by atoms with Gasteiger partial charge >= 0.3 is 11.9 Å². The highest BCUT2D eigenvalue weighted by molar-refractivity contribution is 5.99. The molecule has 1 aromatic rings. The summed E-state index contributed by atoms with van der Waals surface area (Å²) >= 11 is 0. The Labute approximate surface area is 118 Å². The molecule has 20 heavy (non-hydrogen) atoms. The van der Waals surface area contributed by atoms with Gasteiger partial charge in [0.05, 0.1) is 14.2 Å². The van der Waals surface area contributed by atoms with E-state index in [1.165, 1.54) is 14.2 Å². The van der Waals surface area contributed by atoms with Gasteiger partial charge in [-0.2, -0.15) is 0 Å². The largest absolute Gasteiger partial charge is 0.464 e. The number of methoxy groups -OCH3 is 2. The number of aromatic nitrogens is 1. The van der Waals surface area contributed by atoms with Crippen LogP contribution in [0.5, 0.6) is 0 Å². The van der Waals surface area contributed by atoms with Gasteiger partial charge in [0.2, 0.25) is 11.5 Å². The standard InChI is InChI=1S/C14H21NO5/c1-8(14(2,3)4)7-9-15-10(12(16)18-5)11(20-9)13(17)19-6/h8H,7H2,1-6H3. The highest BCUT2D eigenvalue weighted by Gasteiger charge is 2.29. The van der Waals surface area contributed by atoms with E-state index in [9.17, 15) is 9.59 Å². The van der Waals surface area contributed by atoms with Crippen LogP contribution in [0, 0.1) is 11.3 Å². The molecular formula is C14H21NO5. The van der Waals surface area contributed by atoms with Crippen molar-refractivity contribution in [2.75, 3.05) is 14.2 Å². The minimum absolute atomic E-state index is 0.0608. The normalized spacial score (nSPS) is 12.9. The van der Waals surface area contributed by atoms with Crippen LogP contribution in [0.25, 0.3) is 0 Å². The summed E-state index contributed by atoms with van der Waals surface area (Å²) in [6.45, 7) is 8.36. The average Bonchev–Trinajstić information content (AvgIpc) is 2.79. The van der Waals surface area contributed by atoms with Gasteiger partial charge in [-0.25, -0.2) is 14.6 Å². The first-order chi connectivity index (χ1) is 9.20. The van der Waals surface area contributed by atoms with Crippen molar-refractivity contribution in [1.29, 1.82) is 0 Å². The molecule has 6 nitrogen and oxygen atoms in total. The molecule has 0 saturated carbocycles. The second kappa shape index (κ2) is 6.07. The molecule has 0 bridgehead atoms. The zero-order valence-electron chi connectivity index (χ0n) is 12.8. The fourth-order valence-electron chi connectivity index (χ4n) is 1.49. The summed E-state index contributed by atoms with van der Waals surface area (Å²) in [5.41, 5.74) is -0.0823. The van der Waals surface area contributed by atoms with Crippen molar-refractivity contribution < 1.29 is 23.5 Å². The van der Waals surface area contributed by atoms with E-state index in [-0.39, 0.29) is 22.8 Å². The smallest absolute Gasteiger partial charge is 0.376 e. The molecule has 0 spiro atoms. The Morgan fingerprint density at radius 2 is 1.75 bits per heavy atom. The Bertz CT molecular complexity index is 465. The maximum atomic E-state index is 11.6. The number of nitrogens with zero attached hydrogens (tertiary/aromatic N) is 1. The van der Waals surface area contributed by atoms with Crippen molar-refractivity contribution in [3.05, 3.63) is 17.3 Å². The first-order valence-electron chi connectivity index (χ1n) is 6.37. The molecule has 0 aliphatic heterocycles. The number of rotatable bonds is 4. The second-order valence-electron chi connectivity index (χ2n) is 5.74. The minimum Gasteiger partial charge on any atom is -0.464 e. The lowest BCUT2D eigenvalue weighted by Gasteiger charge is -2.25. The van der Waals surface area contributed by atoms with Crippen LogP contribution in [0.3, 0.4) is 0 Å². The molecule has 0 fully saturated rings. The van der Waals surface area contributed by atoms with Gasteiger partial charge in [0.1, 0.15) is 0 Å². The lowest BCUT2D eigenvalue weighted by Crippen LogP contribution is -2.19. The summed E-state index contributed by atoms with van der Waals surface area (Å²) in [6, 6.07) is 0. The van der Waals surface area contributed by atoms with E-state index < -0.39 is 11.9 Å². The number of hydrogen-bond acceptors (Lipinski definition) is 6. The molecule has 0 aromatic carbocycles. The maximum absolute atomic E-state index is 11.6. The molecule has 0 amide bonds. The lowest BCUT2D eigenvalue weighted by molar-refractivity contribution is 0.0525. The van der Waals surface area contributed by atoms with Crippen molar-refractivity contribution in [3.8, 4) is 0 Å². The second-order valence-corrected chi connectivity index (χ2v) is 5.74. The molecule has 1 rings (SSSR count). The zero-order chi connectivity index (χ0) is 15.5. The summed E-state index contributed by atoms with van der Waals surface area (Å²) in [5, 5.41) is 0. The molecule has 0 aliphatic carbocycles. The van der Waals surface area contributed by atoms with Crippen LogP contribution in [0.1, 0.15) is 54.6 Å². The van der Waals surface area contributed by atoms with E-state index in [0.717, 1.165) is 0 Å². The molecular weight excluding hydrogens is 262 g/mol. The third kappa shape index (κ3) is 3.59. The minimum atomic E-state index is -0.743. The summed E-state index contributed by atoms with van der Waals surface area (Å²) in [6.07, 6.45) is 0.518. The number of hydrogen-bond donors (Lipinski definition) is 0. The summed E-state index contributed by atoms with van der Waals surface area (Å²) in [4.78, 5) is 27.2. The van der Waals surface area contributed by atoms with E-state index in [2.05, 4.69) is 42.2 Å². The Morgan fingerprint density at radius 1 is 1.20 bits per heavy atom. The maximum Gasteiger partial charge on any atom is 0.376 e. The first kappa shape index (κ1) is 16.2. The summed E-state index contributed by atoms with van der Waals surface area (Å²) < 4.78 is 14.5. The average molecular weight is 283 g/mol. The van der Waals surface area contributed by atoms with Crippen molar-refractivity contribution in [3.63, 3.8) is 0 Å². The molecule has 112 valence electrons. The quantitative estimate of drug-likeness (QED) is 0.790. The number of carbonyl (C=O) groups excluding carboxylic acids is 2. The fourth-order valence-corrected chi connectivity index (χ4v) is 1.49. The third-order valence-electron chi connectivity index (χ3n) is 3.38. The number of carbonyl (C=O) groups is 2. The van der Waals surface area contributed by atoms with Crippen LogP contribution in [0.4, 0.5) is 0 Å². The Hall–Kier alpha value is -1.85. The molecule has 0 radical (unpaired) electrons. The predicted octanol–water partition coefficient (Wildman–Crippen LogP) is 2.47.